The van der Waals surface area contributed by atoms with Crippen molar-refractivity contribution in [2.45, 2.75) is 6.92 Å². The first-order chi connectivity index (χ1) is 9.45. The van der Waals surface area contributed by atoms with E-state index in [1.807, 2.05) is 0 Å². The van der Waals surface area contributed by atoms with E-state index in [2.05, 4.69) is 10.1 Å². The summed E-state index contributed by atoms with van der Waals surface area (Å²) in [4.78, 5) is 4.23. The van der Waals surface area contributed by atoms with Crippen LogP contribution in [0.4, 0.5) is 11.4 Å². The molecular formula is C12H14ClN5O2. The lowest BCUT2D eigenvalue weighted by Gasteiger charge is -2.12. The molecule has 0 spiro atoms. The number of nitrogens with two attached hydrogens (primary N) is 1. The molecule has 1 aliphatic heterocycles. The van der Waals surface area contributed by atoms with Gasteiger partial charge in [0.05, 0.1) is 30.7 Å². The number of hydrogen-bond acceptors (Lipinski definition) is 6. The summed E-state index contributed by atoms with van der Waals surface area (Å²) >= 11 is 5.91. The van der Waals surface area contributed by atoms with Gasteiger partial charge in [-0.15, -0.1) is 0 Å². The van der Waals surface area contributed by atoms with Gasteiger partial charge in [0.25, 0.3) is 0 Å². The number of aliphatic hydroxyl groups excluding tert-OH is 1. The quantitative estimate of drug-likeness (QED) is 0.628. The number of hydrazone groups is 1. The normalized spacial score (nSPS) is 16.4. The first kappa shape index (κ1) is 14.3. The summed E-state index contributed by atoms with van der Waals surface area (Å²) in [7, 11) is 0. The lowest BCUT2D eigenvalue weighted by atomic mass is 10.1. The Kier molecular flexibility index (Phi) is 3.91. The number of nitrogen functional groups attached to an aromatic ring is 1. The van der Waals surface area contributed by atoms with Gasteiger partial charge in [0.2, 0.25) is 0 Å². The van der Waals surface area contributed by atoms with Crippen LogP contribution in [0.2, 0.25) is 5.02 Å². The molecule has 1 aliphatic rings. The van der Waals surface area contributed by atoms with E-state index >= 15 is 0 Å². The Morgan fingerprint density at radius 3 is 2.90 bits per heavy atom. The van der Waals surface area contributed by atoms with E-state index in [1.54, 1.807) is 13.0 Å². The number of rotatable bonds is 3. The Hall–Kier alpha value is -2.12. The van der Waals surface area contributed by atoms with Gasteiger partial charge in [-0.25, -0.2) is 10.0 Å². The SMILES string of the molecule is Cc1cc(N=C2C=NN(CCO)C2=N)c(N)c(Cl)c1O. The highest BCUT2D eigenvalue weighted by Crippen LogP contribution is 2.39. The Balaban J connectivity index is 2.38. The second-order valence-corrected chi connectivity index (χ2v) is 4.60. The number of hydrogen-bond donors (Lipinski definition) is 4. The maximum Gasteiger partial charge on any atom is 0.169 e. The zero-order valence-electron chi connectivity index (χ0n) is 10.8. The van der Waals surface area contributed by atoms with E-state index in [-0.39, 0.29) is 35.4 Å². The van der Waals surface area contributed by atoms with E-state index in [9.17, 15) is 5.11 Å². The molecule has 2 rings (SSSR count). The summed E-state index contributed by atoms with van der Waals surface area (Å²) in [6, 6.07) is 1.58. The van der Waals surface area contributed by atoms with Crippen LogP contribution in [0.1, 0.15) is 5.56 Å². The maximum atomic E-state index is 9.67. The Labute approximate surface area is 120 Å². The van der Waals surface area contributed by atoms with E-state index in [1.165, 1.54) is 11.2 Å². The number of phenols is 1. The van der Waals surface area contributed by atoms with Crippen molar-refractivity contribution in [1.29, 1.82) is 5.41 Å². The number of nitrogens with one attached hydrogen (secondary N) is 1. The molecule has 1 aromatic carbocycles. The first-order valence-electron chi connectivity index (χ1n) is 5.83. The van der Waals surface area contributed by atoms with Gasteiger partial charge in [-0.05, 0) is 18.6 Å². The number of benzene rings is 1. The Bertz CT molecular complexity index is 627. The molecule has 1 aromatic rings. The highest BCUT2D eigenvalue weighted by atomic mass is 35.5. The van der Waals surface area contributed by atoms with Crippen molar-refractivity contribution in [3.8, 4) is 5.75 Å². The first-order valence-corrected chi connectivity index (χ1v) is 6.21. The zero-order valence-corrected chi connectivity index (χ0v) is 11.5. The van der Waals surface area contributed by atoms with Crippen LogP contribution in [0.25, 0.3) is 0 Å². The minimum Gasteiger partial charge on any atom is -0.506 e. The molecular weight excluding hydrogens is 282 g/mol. The molecule has 0 unspecified atom stereocenters. The predicted molar refractivity (Wildman–Crippen MR) is 79.4 cm³/mol. The second-order valence-electron chi connectivity index (χ2n) is 4.23. The molecule has 0 amide bonds. The number of amidine groups is 1. The van der Waals surface area contributed by atoms with E-state index in [0.717, 1.165) is 0 Å². The number of aliphatic imine (C=N–C) groups is 1. The van der Waals surface area contributed by atoms with E-state index in [4.69, 9.17) is 27.9 Å². The molecule has 20 heavy (non-hydrogen) atoms. The number of β-amino-alcohol motifs (C(OH)–C–C–N with tert-alkyl or cyclic N) is 1. The fourth-order valence-electron chi connectivity index (χ4n) is 1.71. The molecule has 8 heteroatoms. The fraction of sp³-hybridized carbons (Fsp3) is 0.250. The third-order valence-corrected chi connectivity index (χ3v) is 3.20. The molecule has 0 saturated heterocycles. The van der Waals surface area contributed by atoms with Gasteiger partial charge < -0.3 is 15.9 Å². The van der Waals surface area contributed by atoms with Crippen LogP contribution in [0, 0.1) is 12.3 Å². The summed E-state index contributed by atoms with van der Waals surface area (Å²) in [6.45, 7) is 1.79. The number of anilines is 1. The van der Waals surface area contributed by atoms with Gasteiger partial charge in [0.1, 0.15) is 16.5 Å². The van der Waals surface area contributed by atoms with Crippen molar-refractivity contribution in [1.82, 2.24) is 5.01 Å². The third kappa shape index (κ3) is 2.45. The zero-order chi connectivity index (χ0) is 14.9. The van der Waals surface area contributed by atoms with Crippen LogP contribution < -0.4 is 5.73 Å². The Morgan fingerprint density at radius 2 is 2.25 bits per heavy atom. The monoisotopic (exact) mass is 295 g/mol. The van der Waals surface area contributed by atoms with Crippen LogP contribution in [0.3, 0.4) is 0 Å². The topological polar surface area (TPSA) is 118 Å². The molecule has 7 nitrogen and oxygen atoms in total. The van der Waals surface area contributed by atoms with Crippen LogP contribution in [0.15, 0.2) is 16.2 Å². The lowest BCUT2D eigenvalue weighted by molar-refractivity contribution is 0.255. The molecule has 0 bridgehead atoms. The maximum absolute atomic E-state index is 9.67. The summed E-state index contributed by atoms with van der Waals surface area (Å²) in [6.07, 6.45) is 1.41. The van der Waals surface area contributed by atoms with Crippen molar-refractivity contribution >= 4 is 40.7 Å². The Morgan fingerprint density at radius 1 is 1.55 bits per heavy atom. The molecule has 0 fully saturated rings. The number of aromatic hydroxyl groups is 1. The fourth-order valence-corrected chi connectivity index (χ4v) is 1.95. The number of halogens is 1. The smallest absolute Gasteiger partial charge is 0.169 e. The van der Waals surface area contributed by atoms with Gasteiger partial charge in [0, 0.05) is 0 Å². The summed E-state index contributed by atoms with van der Waals surface area (Å²) < 4.78 is 0. The summed E-state index contributed by atoms with van der Waals surface area (Å²) in [5.74, 6) is -0.00881. The van der Waals surface area contributed by atoms with Crippen LogP contribution >= 0.6 is 11.6 Å². The lowest BCUT2D eigenvalue weighted by Crippen LogP contribution is -2.28. The third-order valence-electron chi connectivity index (χ3n) is 2.82. The van der Waals surface area contributed by atoms with Gasteiger partial charge in [-0.1, -0.05) is 11.6 Å². The molecule has 0 radical (unpaired) electrons. The number of phenolic OH excluding ortho intramolecular Hbond substituents is 1. The van der Waals surface area contributed by atoms with Crippen molar-refractivity contribution < 1.29 is 10.2 Å². The van der Waals surface area contributed by atoms with Crippen molar-refractivity contribution in [2.75, 3.05) is 18.9 Å². The number of nitrogens with zero attached hydrogens (tertiary/aromatic N) is 3. The standard InChI is InChI=1S/C12H14ClN5O2/c1-6-4-7(10(14)9(13)11(6)20)17-8-5-16-18(2-3-19)12(8)15/h4-5,15,19-20H,2-3,14H2,1H3. The van der Waals surface area contributed by atoms with Gasteiger partial charge in [-0.3, -0.25) is 5.41 Å². The van der Waals surface area contributed by atoms with Crippen molar-refractivity contribution in [2.24, 2.45) is 10.1 Å². The van der Waals surface area contributed by atoms with Gasteiger partial charge in [-0.2, -0.15) is 5.10 Å². The van der Waals surface area contributed by atoms with Gasteiger partial charge >= 0.3 is 0 Å². The van der Waals surface area contributed by atoms with Crippen LogP contribution in [0.5, 0.6) is 5.75 Å². The van der Waals surface area contributed by atoms with Crippen LogP contribution in [-0.4, -0.2) is 46.1 Å². The molecule has 1 heterocycles. The summed E-state index contributed by atoms with van der Waals surface area (Å²) in [5, 5.41) is 31.7. The van der Waals surface area contributed by atoms with Crippen molar-refractivity contribution in [3.05, 3.63) is 16.7 Å². The van der Waals surface area contributed by atoms with E-state index in [0.29, 0.717) is 17.0 Å². The number of aryl methyl sites for hydroxylation is 1. The average Bonchev–Trinajstić information content (AvgIpc) is 2.76. The highest BCUT2D eigenvalue weighted by Gasteiger charge is 2.20. The minimum absolute atomic E-state index is 0.0398. The minimum atomic E-state index is -0.112. The molecule has 0 aliphatic carbocycles. The summed E-state index contributed by atoms with van der Waals surface area (Å²) in [5.41, 5.74) is 7.16. The molecule has 0 saturated carbocycles. The molecule has 0 aromatic heterocycles. The number of aliphatic hydroxyl groups is 1. The van der Waals surface area contributed by atoms with Gasteiger partial charge in [0.15, 0.2) is 5.84 Å². The van der Waals surface area contributed by atoms with Crippen LogP contribution in [-0.2, 0) is 0 Å². The van der Waals surface area contributed by atoms with E-state index < -0.39 is 0 Å². The van der Waals surface area contributed by atoms with Crippen molar-refractivity contribution in [3.63, 3.8) is 0 Å². The molecule has 106 valence electrons. The average molecular weight is 296 g/mol. The second kappa shape index (κ2) is 5.48. The highest BCUT2D eigenvalue weighted by molar-refractivity contribution is 6.63. The molecule has 5 N–H and O–H groups in total. The molecule has 0 atom stereocenters. The predicted octanol–water partition coefficient (Wildman–Crippen LogP) is 1.28. The largest absolute Gasteiger partial charge is 0.506 e.